The summed E-state index contributed by atoms with van der Waals surface area (Å²) in [5.41, 5.74) is 0. The minimum Gasteiger partial charge on any atom is -0.355 e. The van der Waals surface area contributed by atoms with Crippen LogP contribution < -0.4 is 5.32 Å². The van der Waals surface area contributed by atoms with Crippen LogP contribution in [0, 0.1) is 0 Å². The van der Waals surface area contributed by atoms with Crippen molar-refractivity contribution in [3.05, 3.63) is 30.3 Å². The summed E-state index contributed by atoms with van der Waals surface area (Å²) in [7, 11) is -1.13. The number of nitrogens with zero attached hydrogens (tertiary/aromatic N) is 2. The number of alkyl halides is 3. The fourth-order valence-corrected chi connectivity index (χ4v) is 3.23. The monoisotopic (exact) mass is 381 g/mol. The topological polar surface area (TPSA) is 69.7 Å². The van der Waals surface area contributed by atoms with E-state index in [9.17, 15) is 26.4 Å². The van der Waals surface area contributed by atoms with E-state index in [2.05, 4.69) is 5.32 Å². The van der Waals surface area contributed by atoms with Crippen LogP contribution in [0.25, 0.3) is 0 Å². The Balaban J connectivity index is 2.37. The van der Waals surface area contributed by atoms with Gasteiger partial charge >= 0.3 is 6.18 Å². The molecule has 0 saturated carbocycles. The lowest BCUT2D eigenvalue weighted by atomic mass is 10.3. The van der Waals surface area contributed by atoms with Crippen molar-refractivity contribution >= 4 is 15.9 Å². The first-order chi connectivity index (χ1) is 11.5. The van der Waals surface area contributed by atoms with E-state index in [0.717, 1.165) is 9.21 Å². The predicted octanol–water partition coefficient (Wildman–Crippen LogP) is 1.31. The van der Waals surface area contributed by atoms with Gasteiger partial charge in [-0.3, -0.25) is 9.69 Å². The first kappa shape index (κ1) is 21.4. The third-order valence-corrected chi connectivity index (χ3v) is 5.12. The van der Waals surface area contributed by atoms with Crippen molar-refractivity contribution in [3.8, 4) is 0 Å². The van der Waals surface area contributed by atoms with Crippen molar-refractivity contribution in [2.45, 2.75) is 17.5 Å². The number of amides is 1. The van der Waals surface area contributed by atoms with Gasteiger partial charge in [0, 0.05) is 13.6 Å². The summed E-state index contributed by atoms with van der Waals surface area (Å²) in [6.45, 7) is -1.05. The van der Waals surface area contributed by atoms with Crippen LogP contribution in [0.5, 0.6) is 0 Å². The molecule has 1 rings (SSSR count). The van der Waals surface area contributed by atoms with E-state index in [4.69, 9.17) is 0 Å². The number of hydrogen-bond donors (Lipinski definition) is 1. The molecule has 0 atom stereocenters. The first-order valence-electron chi connectivity index (χ1n) is 7.56. The third kappa shape index (κ3) is 7.84. The van der Waals surface area contributed by atoms with E-state index >= 15 is 0 Å². The lowest BCUT2D eigenvalue weighted by Gasteiger charge is -2.19. The summed E-state index contributed by atoms with van der Waals surface area (Å²) in [5, 5.41) is 2.50. The van der Waals surface area contributed by atoms with Gasteiger partial charge in [0.15, 0.2) is 0 Å². The van der Waals surface area contributed by atoms with Gasteiger partial charge in [-0.05, 0) is 32.1 Å². The zero-order valence-electron chi connectivity index (χ0n) is 14.1. The van der Waals surface area contributed by atoms with Gasteiger partial charge in [-0.1, -0.05) is 18.2 Å². The summed E-state index contributed by atoms with van der Waals surface area (Å²) in [6.07, 6.45) is -3.93. The lowest BCUT2D eigenvalue weighted by Crippen LogP contribution is -2.39. The summed E-state index contributed by atoms with van der Waals surface area (Å²) in [5.74, 6) is -0.513. The molecule has 0 aromatic heterocycles. The molecule has 0 unspecified atom stereocenters. The Labute approximate surface area is 145 Å². The second kappa shape index (κ2) is 9.16. The highest BCUT2D eigenvalue weighted by Gasteiger charge is 2.28. The molecule has 0 heterocycles. The van der Waals surface area contributed by atoms with E-state index in [0.29, 0.717) is 6.42 Å². The quantitative estimate of drug-likeness (QED) is 0.655. The molecular formula is C15H22F3N3O3S. The molecule has 0 fully saturated rings. The maximum Gasteiger partial charge on any atom is 0.401 e. The number of carbonyl (C=O) groups excluding carboxylic acids is 1. The molecule has 1 aromatic rings. The van der Waals surface area contributed by atoms with Gasteiger partial charge in [0.05, 0.1) is 18.0 Å². The number of likely N-dealkylation sites (N-methyl/N-ethyl adjacent to an activating group) is 1. The van der Waals surface area contributed by atoms with Crippen molar-refractivity contribution in [2.75, 3.05) is 40.3 Å². The number of hydrogen-bond acceptors (Lipinski definition) is 4. The molecule has 0 saturated heterocycles. The number of rotatable bonds is 9. The van der Waals surface area contributed by atoms with E-state index in [-0.39, 0.29) is 24.5 Å². The number of carbonyl (C=O) groups is 1. The summed E-state index contributed by atoms with van der Waals surface area (Å²) in [6, 6.07) is 7.71. The summed E-state index contributed by atoms with van der Waals surface area (Å²) >= 11 is 0. The largest absolute Gasteiger partial charge is 0.401 e. The maximum atomic E-state index is 12.3. The Morgan fingerprint density at radius 3 is 2.32 bits per heavy atom. The smallest absolute Gasteiger partial charge is 0.355 e. The van der Waals surface area contributed by atoms with E-state index in [1.54, 1.807) is 18.2 Å². The van der Waals surface area contributed by atoms with Crippen LogP contribution in [-0.4, -0.2) is 70.0 Å². The molecule has 1 N–H and O–H groups in total. The maximum absolute atomic E-state index is 12.3. The van der Waals surface area contributed by atoms with Crippen molar-refractivity contribution in [1.82, 2.24) is 14.5 Å². The minimum atomic E-state index is -4.26. The van der Waals surface area contributed by atoms with Gasteiger partial charge in [0.25, 0.3) is 0 Å². The molecule has 0 aliphatic carbocycles. The van der Waals surface area contributed by atoms with Gasteiger partial charge < -0.3 is 5.32 Å². The summed E-state index contributed by atoms with van der Waals surface area (Å²) < 4.78 is 61.9. The normalized spacial score (nSPS) is 12.6. The van der Waals surface area contributed by atoms with Gasteiger partial charge in [0.1, 0.15) is 0 Å². The molecule has 1 aromatic carbocycles. The lowest BCUT2D eigenvalue weighted by molar-refractivity contribution is -0.143. The molecule has 25 heavy (non-hydrogen) atoms. The van der Waals surface area contributed by atoms with Gasteiger partial charge in [0.2, 0.25) is 15.9 Å². The van der Waals surface area contributed by atoms with E-state index in [1.807, 2.05) is 0 Å². The molecule has 0 aliphatic heterocycles. The van der Waals surface area contributed by atoms with Crippen LogP contribution in [0.4, 0.5) is 13.2 Å². The Morgan fingerprint density at radius 2 is 1.76 bits per heavy atom. The SMILES string of the molecule is CN(CCCNC(=O)CN(C)S(=O)(=O)c1ccccc1)CC(F)(F)F. The molecule has 0 radical (unpaired) electrons. The van der Waals surface area contributed by atoms with Crippen molar-refractivity contribution in [3.63, 3.8) is 0 Å². The molecular weight excluding hydrogens is 359 g/mol. The highest BCUT2D eigenvalue weighted by molar-refractivity contribution is 7.89. The molecule has 142 valence electrons. The average molecular weight is 381 g/mol. The number of halogens is 3. The Kier molecular flexibility index (Phi) is 7.84. The zero-order valence-corrected chi connectivity index (χ0v) is 14.9. The average Bonchev–Trinajstić information content (AvgIpc) is 2.50. The van der Waals surface area contributed by atoms with Crippen LogP contribution in [0.2, 0.25) is 0 Å². The van der Waals surface area contributed by atoms with Crippen molar-refractivity contribution in [1.29, 1.82) is 0 Å². The van der Waals surface area contributed by atoms with Crippen molar-refractivity contribution in [2.24, 2.45) is 0 Å². The highest BCUT2D eigenvalue weighted by atomic mass is 32.2. The van der Waals surface area contributed by atoms with Crippen LogP contribution in [-0.2, 0) is 14.8 Å². The fraction of sp³-hybridized carbons (Fsp3) is 0.533. The third-order valence-electron chi connectivity index (χ3n) is 3.31. The predicted molar refractivity (Wildman–Crippen MR) is 87.4 cm³/mol. The molecule has 6 nitrogen and oxygen atoms in total. The van der Waals surface area contributed by atoms with Crippen LogP contribution in [0.15, 0.2) is 35.2 Å². The molecule has 0 bridgehead atoms. The zero-order chi connectivity index (χ0) is 19.1. The summed E-state index contributed by atoms with van der Waals surface area (Å²) in [4.78, 5) is 13.0. The second-order valence-electron chi connectivity index (χ2n) is 5.63. The van der Waals surface area contributed by atoms with Crippen LogP contribution in [0.3, 0.4) is 0 Å². The number of sulfonamides is 1. The fourth-order valence-electron chi connectivity index (χ4n) is 2.08. The molecule has 10 heteroatoms. The van der Waals surface area contributed by atoms with Crippen LogP contribution in [0.1, 0.15) is 6.42 Å². The first-order valence-corrected chi connectivity index (χ1v) is 9.00. The van der Waals surface area contributed by atoms with E-state index in [1.165, 1.54) is 26.2 Å². The van der Waals surface area contributed by atoms with Gasteiger partial charge in [-0.25, -0.2) is 8.42 Å². The highest BCUT2D eigenvalue weighted by Crippen LogP contribution is 2.15. The standard InChI is InChI=1S/C15H22F3N3O3S/c1-20(12-15(16,17)18)10-6-9-19-14(22)11-21(2)25(23,24)13-7-4-3-5-8-13/h3-5,7-8H,6,9-12H2,1-2H3,(H,19,22). The van der Waals surface area contributed by atoms with E-state index < -0.39 is 28.7 Å². The Hall–Kier alpha value is -1.65. The van der Waals surface area contributed by atoms with Crippen LogP contribution >= 0.6 is 0 Å². The minimum absolute atomic E-state index is 0.0825. The second-order valence-corrected chi connectivity index (χ2v) is 7.68. The molecule has 0 aliphatic rings. The Bertz CT molecular complexity index is 651. The van der Waals surface area contributed by atoms with Crippen molar-refractivity contribution < 1.29 is 26.4 Å². The molecule has 0 spiro atoms. The van der Waals surface area contributed by atoms with Gasteiger partial charge in [-0.15, -0.1) is 0 Å². The molecule has 1 amide bonds. The van der Waals surface area contributed by atoms with Gasteiger partial charge in [-0.2, -0.15) is 17.5 Å². The number of benzene rings is 1. The number of nitrogens with one attached hydrogen (secondary N) is 1. The Morgan fingerprint density at radius 1 is 1.16 bits per heavy atom.